The molecule has 2 N–H and O–H groups in total. The SMILES string of the molecule is CNCCc1ccc(-c2cc(C(F)F)c3cn(C(C(=O)Nc4nccs4)c4ncn5c4C[C@@H](F)C5)nc3c2C)cc1. The van der Waals surface area contributed by atoms with E-state index in [0.717, 1.165) is 24.1 Å². The summed E-state index contributed by atoms with van der Waals surface area (Å²) in [5.74, 6) is -0.495. The molecule has 0 spiro atoms. The van der Waals surface area contributed by atoms with Crippen molar-refractivity contribution in [3.63, 3.8) is 0 Å². The van der Waals surface area contributed by atoms with Gasteiger partial charge in [-0.15, -0.1) is 11.3 Å². The first-order chi connectivity index (χ1) is 19.8. The number of nitrogens with one attached hydrogen (secondary N) is 2. The molecule has 0 bridgehead atoms. The van der Waals surface area contributed by atoms with Gasteiger partial charge in [-0.05, 0) is 55.3 Å². The second-order valence-electron chi connectivity index (χ2n) is 10.1. The minimum absolute atomic E-state index is 0.104. The molecule has 6 rings (SSSR count). The quantitative estimate of drug-likeness (QED) is 0.241. The van der Waals surface area contributed by atoms with E-state index in [1.54, 1.807) is 16.1 Å². The molecule has 1 amide bonds. The average Bonchev–Trinajstić information content (AvgIpc) is 3.75. The minimum atomic E-state index is -2.77. The number of aromatic nitrogens is 5. The van der Waals surface area contributed by atoms with E-state index in [2.05, 4.69) is 20.6 Å². The van der Waals surface area contributed by atoms with E-state index < -0.39 is 24.5 Å². The summed E-state index contributed by atoms with van der Waals surface area (Å²) in [6, 6.07) is 8.23. The van der Waals surface area contributed by atoms with Crippen molar-refractivity contribution in [2.45, 2.75) is 44.9 Å². The maximum Gasteiger partial charge on any atom is 0.264 e. The topological polar surface area (TPSA) is 89.7 Å². The standard InChI is InChI=1S/C29H28F3N7OS/c1-16-20(18-5-3-17(4-6-18)7-8-33-2)12-21(27(31)32)22-14-39(37-24(16)22)26(28(40)36-29-34-9-10-41-29)25-23-11-19(30)13-38(23)15-35-25/h3-6,9-10,12,14-15,19,26-27,33H,7-8,11,13H2,1-2H3,(H,34,36,40)/t19-,26?/m1/s1. The molecule has 2 aromatic carbocycles. The van der Waals surface area contributed by atoms with Gasteiger partial charge in [-0.25, -0.2) is 23.1 Å². The molecule has 0 radical (unpaired) electrons. The minimum Gasteiger partial charge on any atom is -0.331 e. The highest BCUT2D eigenvalue weighted by molar-refractivity contribution is 7.13. The van der Waals surface area contributed by atoms with Crippen LogP contribution in [0.15, 0.2) is 54.4 Å². The van der Waals surface area contributed by atoms with Crippen molar-refractivity contribution in [1.82, 2.24) is 29.6 Å². The van der Waals surface area contributed by atoms with Gasteiger partial charge in [0.15, 0.2) is 11.2 Å². The zero-order valence-corrected chi connectivity index (χ0v) is 23.3. The molecule has 1 unspecified atom stereocenters. The van der Waals surface area contributed by atoms with Crippen molar-refractivity contribution < 1.29 is 18.0 Å². The van der Waals surface area contributed by atoms with E-state index in [1.807, 2.05) is 38.2 Å². The van der Waals surface area contributed by atoms with Crippen LogP contribution in [0.2, 0.25) is 0 Å². The average molecular weight is 580 g/mol. The fourth-order valence-corrected chi connectivity index (χ4v) is 5.96. The predicted molar refractivity (Wildman–Crippen MR) is 152 cm³/mol. The third kappa shape index (κ3) is 5.13. The largest absolute Gasteiger partial charge is 0.331 e. The lowest BCUT2D eigenvalue weighted by Gasteiger charge is -2.16. The van der Waals surface area contributed by atoms with Gasteiger partial charge in [-0.3, -0.25) is 14.8 Å². The van der Waals surface area contributed by atoms with Gasteiger partial charge in [0, 0.05) is 40.8 Å². The Labute approximate surface area is 238 Å². The highest BCUT2D eigenvalue weighted by Crippen LogP contribution is 2.38. The summed E-state index contributed by atoms with van der Waals surface area (Å²) >= 11 is 1.24. The van der Waals surface area contributed by atoms with Gasteiger partial charge >= 0.3 is 0 Å². The molecule has 5 aromatic rings. The molecule has 0 fully saturated rings. The number of rotatable bonds is 9. The zero-order valence-electron chi connectivity index (χ0n) is 22.4. The van der Waals surface area contributed by atoms with Gasteiger partial charge in [0.05, 0.1) is 24.1 Å². The van der Waals surface area contributed by atoms with Crippen molar-refractivity contribution in [3.8, 4) is 11.1 Å². The molecular formula is C29H28F3N7OS. The third-order valence-corrected chi connectivity index (χ3v) is 8.18. The van der Waals surface area contributed by atoms with Crippen molar-refractivity contribution >= 4 is 33.3 Å². The van der Waals surface area contributed by atoms with Crippen molar-refractivity contribution in [3.05, 3.63) is 82.5 Å². The summed E-state index contributed by atoms with van der Waals surface area (Å²) in [7, 11) is 1.89. The Morgan fingerprint density at radius 3 is 2.73 bits per heavy atom. The second-order valence-corrected chi connectivity index (χ2v) is 11.0. The van der Waals surface area contributed by atoms with E-state index in [1.165, 1.54) is 34.6 Å². The lowest BCUT2D eigenvalue weighted by atomic mass is 9.94. The Morgan fingerprint density at radius 1 is 1.22 bits per heavy atom. The van der Waals surface area contributed by atoms with Crippen LogP contribution in [-0.4, -0.2) is 50.0 Å². The van der Waals surface area contributed by atoms with Crippen LogP contribution in [0.1, 0.15) is 40.5 Å². The number of anilines is 1. The first-order valence-corrected chi connectivity index (χ1v) is 14.1. The maximum atomic E-state index is 14.5. The molecule has 2 atom stereocenters. The number of hydrogen-bond acceptors (Lipinski definition) is 6. The lowest BCUT2D eigenvalue weighted by molar-refractivity contribution is -0.118. The van der Waals surface area contributed by atoms with Crippen LogP contribution in [0, 0.1) is 6.92 Å². The number of nitrogens with zero attached hydrogens (tertiary/aromatic N) is 5. The molecule has 41 heavy (non-hydrogen) atoms. The Kier molecular flexibility index (Phi) is 7.35. The number of benzene rings is 2. The Balaban J connectivity index is 1.47. The van der Waals surface area contributed by atoms with Gasteiger partial charge in [0.25, 0.3) is 12.3 Å². The number of alkyl halides is 3. The van der Waals surface area contributed by atoms with E-state index in [-0.39, 0.29) is 23.9 Å². The zero-order chi connectivity index (χ0) is 28.7. The molecule has 4 heterocycles. The normalized spacial score (nSPS) is 15.5. The van der Waals surface area contributed by atoms with Crippen LogP contribution in [0.5, 0.6) is 0 Å². The van der Waals surface area contributed by atoms with Crippen LogP contribution in [-0.2, 0) is 24.2 Å². The van der Waals surface area contributed by atoms with Gasteiger partial charge in [0.2, 0.25) is 0 Å². The summed E-state index contributed by atoms with van der Waals surface area (Å²) in [5, 5.41) is 12.9. The van der Waals surface area contributed by atoms with E-state index in [4.69, 9.17) is 5.10 Å². The number of carbonyl (C=O) groups is 1. The third-order valence-electron chi connectivity index (χ3n) is 7.49. The number of hydrogen-bond donors (Lipinski definition) is 2. The van der Waals surface area contributed by atoms with Gasteiger partial charge in [0.1, 0.15) is 6.17 Å². The van der Waals surface area contributed by atoms with Gasteiger partial charge in [-0.2, -0.15) is 5.10 Å². The van der Waals surface area contributed by atoms with Crippen molar-refractivity contribution in [2.24, 2.45) is 0 Å². The number of likely N-dealkylation sites (N-methyl/N-ethyl adjacent to an activating group) is 1. The van der Waals surface area contributed by atoms with Gasteiger partial charge in [-0.1, -0.05) is 24.3 Å². The highest BCUT2D eigenvalue weighted by Gasteiger charge is 2.35. The molecular weight excluding hydrogens is 551 g/mol. The van der Waals surface area contributed by atoms with Crippen LogP contribution >= 0.6 is 11.3 Å². The predicted octanol–water partition coefficient (Wildman–Crippen LogP) is 5.49. The number of carbonyl (C=O) groups excluding carboxylic acids is 1. The molecule has 212 valence electrons. The highest BCUT2D eigenvalue weighted by atomic mass is 32.1. The summed E-state index contributed by atoms with van der Waals surface area (Å²) in [5.41, 5.74) is 4.40. The fraction of sp³-hybridized carbons (Fsp3) is 0.310. The van der Waals surface area contributed by atoms with E-state index in [0.29, 0.717) is 33.2 Å². The number of halogens is 3. The summed E-state index contributed by atoms with van der Waals surface area (Å²) < 4.78 is 46.3. The van der Waals surface area contributed by atoms with Crippen LogP contribution in [0.3, 0.4) is 0 Å². The molecule has 0 aliphatic carbocycles. The molecule has 3 aromatic heterocycles. The second kappa shape index (κ2) is 11.1. The maximum absolute atomic E-state index is 14.5. The van der Waals surface area contributed by atoms with Crippen LogP contribution in [0.25, 0.3) is 22.0 Å². The molecule has 1 aliphatic heterocycles. The van der Waals surface area contributed by atoms with Crippen LogP contribution < -0.4 is 10.6 Å². The molecule has 0 saturated heterocycles. The monoisotopic (exact) mass is 579 g/mol. The fourth-order valence-electron chi connectivity index (χ4n) is 5.43. The Hall–Kier alpha value is -4.03. The summed E-state index contributed by atoms with van der Waals surface area (Å²) in [6.45, 7) is 2.82. The summed E-state index contributed by atoms with van der Waals surface area (Å²) in [6.07, 6.45) is 1.63. The first-order valence-electron chi connectivity index (χ1n) is 13.3. The molecule has 0 saturated carbocycles. The summed E-state index contributed by atoms with van der Waals surface area (Å²) in [4.78, 5) is 22.2. The number of amides is 1. The van der Waals surface area contributed by atoms with Crippen molar-refractivity contribution in [2.75, 3.05) is 18.9 Å². The number of aryl methyl sites for hydroxylation is 1. The van der Waals surface area contributed by atoms with E-state index in [9.17, 15) is 18.0 Å². The molecule has 1 aliphatic rings. The molecule has 8 nitrogen and oxygen atoms in total. The van der Waals surface area contributed by atoms with Crippen LogP contribution in [0.4, 0.5) is 18.3 Å². The Morgan fingerprint density at radius 2 is 2.02 bits per heavy atom. The first kappa shape index (κ1) is 27.2. The smallest absolute Gasteiger partial charge is 0.264 e. The number of fused-ring (bicyclic) bond motifs is 2. The number of thiazole rings is 1. The Bertz CT molecular complexity index is 1700. The van der Waals surface area contributed by atoms with Crippen molar-refractivity contribution in [1.29, 1.82) is 0 Å². The van der Waals surface area contributed by atoms with E-state index >= 15 is 0 Å². The van der Waals surface area contributed by atoms with Gasteiger partial charge < -0.3 is 9.88 Å². The number of imidazole rings is 1. The lowest BCUT2D eigenvalue weighted by Crippen LogP contribution is -2.28. The molecule has 12 heteroatoms.